The molecule has 4 amide bonds. The summed E-state index contributed by atoms with van der Waals surface area (Å²) in [7, 11) is 1.57. The number of hydrogen-bond acceptors (Lipinski definition) is 6. The molecule has 2 N–H and O–H groups in total. The lowest BCUT2D eigenvalue weighted by atomic mass is 10.1. The predicted molar refractivity (Wildman–Crippen MR) is 105 cm³/mol. The summed E-state index contributed by atoms with van der Waals surface area (Å²) < 4.78 is 5.10. The Hall–Kier alpha value is -2.94. The first-order valence-electron chi connectivity index (χ1n) is 8.86. The fourth-order valence-electron chi connectivity index (χ4n) is 2.82. The number of ether oxygens (including phenoxy) is 1. The van der Waals surface area contributed by atoms with Crippen molar-refractivity contribution in [2.75, 3.05) is 12.4 Å². The van der Waals surface area contributed by atoms with Crippen molar-refractivity contribution in [3.05, 3.63) is 40.4 Å². The summed E-state index contributed by atoms with van der Waals surface area (Å²) in [6.45, 7) is 3.99. The first kappa shape index (κ1) is 19.8. The summed E-state index contributed by atoms with van der Waals surface area (Å²) in [5, 5.41) is 5.93. The fraction of sp³-hybridized carbons (Fsp3) is 0.368. The smallest absolute Gasteiger partial charge is 0.325 e. The number of carbonyl (C=O) groups excluding carboxylic acids is 3. The molecular weight excluding hydrogens is 380 g/mol. The lowest BCUT2D eigenvalue weighted by Crippen LogP contribution is -2.31. The molecule has 1 aliphatic rings. The quantitative estimate of drug-likeness (QED) is 0.694. The second-order valence-electron chi connectivity index (χ2n) is 6.52. The van der Waals surface area contributed by atoms with Crippen molar-refractivity contribution in [1.82, 2.24) is 15.2 Å². The zero-order valence-electron chi connectivity index (χ0n) is 15.9. The molecule has 0 radical (unpaired) electrons. The molecule has 148 valence electrons. The van der Waals surface area contributed by atoms with E-state index in [1.165, 1.54) is 11.3 Å². The summed E-state index contributed by atoms with van der Waals surface area (Å²) in [6.07, 6.45) is 0.351. The van der Waals surface area contributed by atoms with Crippen LogP contribution in [-0.4, -0.2) is 40.9 Å². The molecule has 0 spiro atoms. The number of imide groups is 1. The summed E-state index contributed by atoms with van der Waals surface area (Å²) in [4.78, 5) is 43.3. The molecule has 9 heteroatoms. The molecule has 0 bridgehead atoms. The second-order valence-corrected chi connectivity index (χ2v) is 7.73. The Bertz CT molecular complexity index is 874. The molecular formula is C19H22N4O4S. The lowest BCUT2D eigenvalue weighted by molar-refractivity contribution is -0.128. The fourth-order valence-corrected chi connectivity index (χ4v) is 3.65. The van der Waals surface area contributed by atoms with E-state index in [1.807, 2.05) is 13.8 Å². The Balaban J connectivity index is 1.53. The molecule has 1 fully saturated rings. The van der Waals surface area contributed by atoms with Crippen molar-refractivity contribution >= 4 is 34.3 Å². The van der Waals surface area contributed by atoms with Crippen LogP contribution >= 0.6 is 11.3 Å². The van der Waals surface area contributed by atoms with E-state index in [0.29, 0.717) is 10.9 Å². The van der Waals surface area contributed by atoms with Gasteiger partial charge < -0.3 is 15.4 Å². The van der Waals surface area contributed by atoms with Crippen molar-refractivity contribution in [3.8, 4) is 5.75 Å². The van der Waals surface area contributed by atoms with Crippen molar-refractivity contribution in [1.29, 1.82) is 0 Å². The third-order valence-electron chi connectivity index (χ3n) is 4.54. The van der Waals surface area contributed by atoms with Crippen LogP contribution in [-0.2, 0) is 16.1 Å². The Morgan fingerprint density at radius 2 is 2.00 bits per heavy atom. The van der Waals surface area contributed by atoms with Crippen LogP contribution in [0.4, 0.5) is 9.93 Å². The standard InChI is InChI=1S/C19H22N4O4S/c1-11-12(2)28-18(20-11)22-16(24)9-8-15-17(25)23(19(26)21-15)10-13-4-6-14(27-3)7-5-13/h4-7,15H,8-10H2,1-3H3,(H,21,26)(H,20,22,24). The van der Waals surface area contributed by atoms with Gasteiger partial charge in [0.15, 0.2) is 5.13 Å². The molecule has 8 nitrogen and oxygen atoms in total. The molecule has 0 saturated carbocycles. The average Bonchev–Trinajstić information content (AvgIpc) is 3.12. The molecule has 1 aliphatic heterocycles. The number of hydrogen-bond donors (Lipinski definition) is 2. The van der Waals surface area contributed by atoms with E-state index >= 15 is 0 Å². The molecule has 3 rings (SSSR count). The predicted octanol–water partition coefficient (Wildman–Crippen LogP) is 2.61. The van der Waals surface area contributed by atoms with E-state index in [9.17, 15) is 14.4 Å². The van der Waals surface area contributed by atoms with Crippen LogP contribution in [0.5, 0.6) is 5.75 Å². The van der Waals surface area contributed by atoms with E-state index in [-0.39, 0.29) is 31.2 Å². The highest BCUT2D eigenvalue weighted by molar-refractivity contribution is 7.15. The zero-order chi connectivity index (χ0) is 20.3. The van der Waals surface area contributed by atoms with Crippen molar-refractivity contribution in [2.45, 2.75) is 39.3 Å². The van der Waals surface area contributed by atoms with Gasteiger partial charge in [-0.3, -0.25) is 14.5 Å². The first-order chi connectivity index (χ1) is 13.4. The van der Waals surface area contributed by atoms with Gasteiger partial charge >= 0.3 is 6.03 Å². The number of nitrogens with zero attached hydrogens (tertiary/aromatic N) is 2. The number of thiazole rings is 1. The molecule has 1 saturated heterocycles. The number of aryl methyl sites for hydroxylation is 2. The van der Waals surface area contributed by atoms with Crippen molar-refractivity contribution in [2.24, 2.45) is 0 Å². The van der Waals surface area contributed by atoms with Crippen LogP contribution < -0.4 is 15.4 Å². The van der Waals surface area contributed by atoms with Gasteiger partial charge in [0.05, 0.1) is 19.3 Å². The maximum Gasteiger partial charge on any atom is 0.325 e. The number of amides is 4. The largest absolute Gasteiger partial charge is 0.497 e. The van der Waals surface area contributed by atoms with Crippen LogP contribution in [0.15, 0.2) is 24.3 Å². The number of urea groups is 1. The number of benzene rings is 1. The Labute approximate surface area is 166 Å². The van der Waals surface area contributed by atoms with Gasteiger partial charge in [-0.15, -0.1) is 11.3 Å². The highest BCUT2D eigenvalue weighted by atomic mass is 32.1. The van der Waals surface area contributed by atoms with Gasteiger partial charge in [0, 0.05) is 11.3 Å². The maximum absolute atomic E-state index is 12.5. The third-order valence-corrected chi connectivity index (χ3v) is 5.53. The monoisotopic (exact) mass is 402 g/mol. The summed E-state index contributed by atoms with van der Waals surface area (Å²) in [5.41, 5.74) is 1.70. The molecule has 2 aromatic rings. The van der Waals surface area contributed by atoms with Crippen molar-refractivity contribution < 1.29 is 19.1 Å². The summed E-state index contributed by atoms with van der Waals surface area (Å²) in [6, 6.07) is 6.01. The van der Waals surface area contributed by atoms with Crippen LogP contribution in [0, 0.1) is 13.8 Å². The third kappa shape index (κ3) is 4.48. The Kier molecular flexibility index (Phi) is 5.93. The summed E-state index contributed by atoms with van der Waals surface area (Å²) in [5.74, 6) is 0.148. The van der Waals surface area contributed by atoms with Gasteiger partial charge in [-0.2, -0.15) is 0 Å². The van der Waals surface area contributed by atoms with Gasteiger partial charge in [-0.1, -0.05) is 12.1 Å². The van der Waals surface area contributed by atoms with Crippen molar-refractivity contribution in [3.63, 3.8) is 0 Å². The van der Waals surface area contributed by atoms with Crippen LogP contribution in [0.2, 0.25) is 0 Å². The zero-order valence-corrected chi connectivity index (χ0v) is 16.8. The van der Waals surface area contributed by atoms with Gasteiger partial charge in [0.25, 0.3) is 5.91 Å². The average molecular weight is 402 g/mol. The van der Waals surface area contributed by atoms with Crippen LogP contribution in [0.3, 0.4) is 0 Å². The van der Waals surface area contributed by atoms with Crippen LogP contribution in [0.1, 0.15) is 29.0 Å². The van der Waals surface area contributed by atoms with Gasteiger partial charge in [0.1, 0.15) is 11.8 Å². The highest BCUT2D eigenvalue weighted by Crippen LogP contribution is 2.22. The number of nitrogens with one attached hydrogen (secondary N) is 2. The molecule has 2 heterocycles. The molecule has 0 aliphatic carbocycles. The normalized spacial score (nSPS) is 16.2. The number of aromatic nitrogens is 1. The SMILES string of the molecule is COc1ccc(CN2C(=O)NC(CCC(=O)Nc3nc(C)c(C)s3)C2=O)cc1. The topological polar surface area (TPSA) is 101 Å². The Morgan fingerprint density at radius 3 is 2.61 bits per heavy atom. The minimum Gasteiger partial charge on any atom is -0.497 e. The molecule has 28 heavy (non-hydrogen) atoms. The number of methoxy groups -OCH3 is 1. The molecule has 1 aromatic heterocycles. The maximum atomic E-state index is 12.5. The van der Waals surface area contributed by atoms with Gasteiger partial charge in [-0.05, 0) is 38.0 Å². The van der Waals surface area contributed by atoms with E-state index in [2.05, 4.69) is 15.6 Å². The first-order valence-corrected chi connectivity index (χ1v) is 9.67. The summed E-state index contributed by atoms with van der Waals surface area (Å²) >= 11 is 1.41. The second kappa shape index (κ2) is 8.39. The van der Waals surface area contributed by atoms with Gasteiger partial charge in [-0.25, -0.2) is 9.78 Å². The molecule has 1 unspecified atom stereocenters. The minimum absolute atomic E-state index is 0.116. The molecule has 1 atom stereocenters. The van der Waals surface area contributed by atoms with E-state index < -0.39 is 12.1 Å². The van der Waals surface area contributed by atoms with E-state index in [4.69, 9.17) is 4.74 Å². The lowest BCUT2D eigenvalue weighted by Gasteiger charge is -2.13. The number of rotatable bonds is 7. The number of anilines is 1. The minimum atomic E-state index is -0.698. The van der Waals surface area contributed by atoms with Gasteiger partial charge in [0.2, 0.25) is 5.91 Å². The number of carbonyl (C=O) groups is 3. The molecule has 1 aromatic carbocycles. The van der Waals surface area contributed by atoms with E-state index in [0.717, 1.165) is 21.0 Å². The van der Waals surface area contributed by atoms with E-state index in [1.54, 1.807) is 31.4 Å². The highest BCUT2D eigenvalue weighted by Gasteiger charge is 2.37. The van der Waals surface area contributed by atoms with Crippen LogP contribution in [0.25, 0.3) is 0 Å². The Morgan fingerprint density at radius 1 is 1.29 bits per heavy atom.